The summed E-state index contributed by atoms with van der Waals surface area (Å²) >= 11 is 0. The topological polar surface area (TPSA) is 26.0 Å². The summed E-state index contributed by atoms with van der Waals surface area (Å²) in [5.41, 5.74) is 11.3. The molecule has 2 rings (SSSR count). The summed E-state index contributed by atoms with van der Waals surface area (Å²) in [6, 6.07) is 6.92. The average Bonchev–Trinajstić information content (AvgIpc) is 2.58. The Balaban J connectivity index is 0.00000139. The molecule has 0 atom stereocenters. The van der Waals surface area contributed by atoms with Crippen LogP contribution in [-0.4, -0.2) is 6.54 Å². The van der Waals surface area contributed by atoms with Crippen molar-refractivity contribution >= 4 is 6.08 Å². The van der Waals surface area contributed by atoms with Gasteiger partial charge in [0.25, 0.3) is 0 Å². The molecule has 0 heterocycles. The van der Waals surface area contributed by atoms with E-state index in [0.29, 0.717) is 6.54 Å². The van der Waals surface area contributed by atoms with Gasteiger partial charge in [-0.3, -0.25) is 0 Å². The number of hydrogen-bond acceptors (Lipinski definition) is 1. The largest absolute Gasteiger partial charge is 0.327 e. The molecule has 0 amide bonds. The predicted octanol–water partition coefficient (Wildman–Crippen LogP) is 6.09. The predicted molar refractivity (Wildman–Crippen MR) is 109 cm³/mol. The molecule has 0 radical (unpaired) electrons. The second-order valence-electron chi connectivity index (χ2n) is 7.10. The van der Waals surface area contributed by atoms with Gasteiger partial charge in [-0.15, -0.1) is 0 Å². The summed E-state index contributed by atoms with van der Waals surface area (Å²) in [6.45, 7) is 11.3. The van der Waals surface area contributed by atoms with Crippen LogP contribution >= 0.6 is 0 Å². The number of aryl methyl sites for hydroxylation is 2. The maximum Gasteiger partial charge on any atom is 0.0109 e. The Hall–Kier alpha value is -1.60. The fraction of sp³-hybridized carbons (Fsp3) is 0.478. The number of rotatable bonds is 4. The molecule has 1 aliphatic carbocycles. The van der Waals surface area contributed by atoms with Gasteiger partial charge in [0.15, 0.2) is 0 Å². The molecule has 132 valence electrons. The van der Waals surface area contributed by atoms with Crippen molar-refractivity contribution in [3.8, 4) is 0 Å². The first-order valence-electron chi connectivity index (χ1n) is 9.38. The Kier molecular flexibility index (Phi) is 8.78. The lowest BCUT2D eigenvalue weighted by Gasteiger charge is -2.20. The van der Waals surface area contributed by atoms with Gasteiger partial charge in [0, 0.05) is 6.54 Å². The Labute approximate surface area is 149 Å². The highest BCUT2D eigenvalue weighted by Gasteiger charge is 2.14. The number of fused-ring (bicyclic) bond motifs is 1. The van der Waals surface area contributed by atoms with E-state index in [4.69, 9.17) is 5.73 Å². The van der Waals surface area contributed by atoms with Gasteiger partial charge in [0.2, 0.25) is 0 Å². The minimum absolute atomic E-state index is 0.129. The van der Waals surface area contributed by atoms with Crippen LogP contribution in [0.25, 0.3) is 6.08 Å². The first kappa shape index (κ1) is 20.4. The molecule has 0 aliphatic heterocycles. The Morgan fingerprint density at radius 3 is 2.38 bits per heavy atom. The molecule has 0 saturated carbocycles. The summed E-state index contributed by atoms with van der Waals surface area (Å²) in [4.78, 5) is 0. The molecule has 1 aromatic rings. The zero-order valence-corrected chi connectivity index (χ0v) is 16.2. The standard InChI is InChI=1S/C21H29N.C2H6/c1-21(2,3)20(10-6-7-15-22)14-12-17-11-13-18-8-4-5-9-19(18)16-17;1-2/h6-7,10-14,16H,4-5,8-9,15,22H2,1-3H3;1-2H3/b7-6+,14-12+,20-10-;. The first-order valence-corrected chi connectivity index (χ1v) is 9.38. The molecule has 1 nitrogen and oxygen atoms in total. The lowest BCUT2D eigenvalue weighted by Crippen LogP contribution is -2.07. The molecule has 0 saturated heterocycles. The second-order valence-corrected chi connectivity index (χ2v) is 7.10. The van der Waals surface area contributed by atoms with E-state index in [1.165, 1.54) is 42.4 Å². The highest BCUT2D eigenvalue weighted by atomic mass is 14.5. The van der Waals surface area contributed by atoms with Crippen molar-refractivity contribution < 1.29 is 0 Å². The van der Waals surface area contributed by atoms with Crippen molar-refractivity contribution in [3.63, 3.8) is 0 Å². The Morgan fingerprint density at radius 2 is 1.75 bits per heavy atom. The third-order valence-corrected chi connectivity index (χ3v) is 4.24. The Morgan fingerprint density at radius 1 is 1.08 bits per heavy atom. The first-order chi connectivity index (χ1) is 11.5. The van der Waals surface area contributed by atoms with Crippen LogP contribution in [0.4, 0.5) is 0 Å². The normalized spacial score (nSPS) is 15.3. The van der Waals surface area contributed by atoms with Crippen LogP contribution in [0.1, 0.15) is 64.2 Å². The smallest absolute Gasteiger partial charge is 0.0109 e. The van der Waals surface area contributed by atoms with Crippen LogP contribution in [0.15, 0.2) is 48.1 Å². The maximum absolute atomic E-state index is 5.52. The van der Waals surface area contributed by atoms with Gasteiger partial charge in [0.1, 0.15) is 0 Å². The summed E-state index contributed by atoms with van der Waals surface area (Å²) in [5, 5.41) is 0. The van der Waals surface area contributed by atoms with Gasteiger partial charge in [0.05, 0.1) is 0 Å². The summed E-state index contributed by atoms with van der Waals surface area (Å²) in [7, 11) is 0. The van der Waals surface area contributed by atoms with Crippen LogP contribution in [0, 0.1) is 5.41 Å². The third kappa shape index (κ3) is 6.49. The minimum Gasteiger partial charge on any atom is -0.327 e. The zero-order chi connectivity index (χ0) is 18.0. The number of hydrogen-bond donors (Lipinski definition) is 1. The molecular formula is C23H35N. The highest BCUT2D eigenvalue weighted by molar-refractivity contribution is 5.56. The van der Waals surface area contributed by atoms with E-state index in [0.717, 1.165) is 0 Å². The molecule has 2 N–H and O–H groups in total. The molecule has 1 aliphatic rings. The van der Waals surface area contributed by atoms with Crippen molar-refractivity contribution in [3.05, 3.63) is 64.8 Å². The molecule has 24 heavy (non-hydrogen) atoms. The lowest BCUT2D eigenvalue weighted by atomic mass is 9.85. The summed E-state index contributed by atoms with van der Waals surface area (Å²) in [6.07, 6.45) is 15.8. The van der Waals surface area contributed by atoms with E-state index in [2.05, 4.69) is 63.3 Å². The van der Waals surface area contributed by atoms with E-state index in [1.54, 1.807) is 5.56 Å². The van der Waals surface area contributed by atoms with E-state index in [1.807, 2.05) is 19.9 Å². The molecule has 1 heteroatoms. The second kappa shape index (κ2) is 10.3. The quantitative estimate of drug-likeness (QED) is 0.666. The number of nitrogens with two attached hydrogens (primary N) is 1. The van der Waals surface area contributed by atoms with Gasteiger partial charge in [-0.1, -0.05) is 83.2 Å². The average molecular weight is 326 g/mol. The van der Waals surface area contributed by atoms with E-state index in [9.17, 15) is 0 Å². The van der Waals surface area contributed by atoms with E-state index < -0.39 is 0 Å². The van der Waals surface area contributed by atoms with Crippen molar-refractivity contribution in [2.45, 2.75) is 60.3 Å². The molecule has 0 bridgehead atoms. The highest BCUT2D eigenvalue weighted by Crippen LogP contribution is 2.28. The molecule has 0 aromatic heterocycles. The summed E-state index contributed by atoms with van der Waals surface area (Å²) in [5.74, 6) is 0. The number of allylic oxidation sites excluding steroid dienone is 4. The molecule has 0 unspecified atom stereocenters. The van der Waals surface area contributed by atoms with Crippen molar-refractivity contribution in [2.75, 3.05) is 6.54 Å². The van der Waals surface area contributed by atoms with Crippen LogP contribution in [0.3, 0.4) is 0 Å². The third-order valence-electron chi connectivity index (χ3n) is 4.24. The molecule has 1 aromatic carbocycles. The van der Waals surface area contributed by atoms with Gasteiger partial charge < -0.3 is 5.73 Å². The molecular weight excluding hydrogens is 290 g/mol. The summed E-state index contributed by atoms with van der Waals surface area (Å²) < 4.78 is 0. The SMILES string of the molecule is CC.CC(C)(C)C(=C\C=C\CN)/C=C/c1ccc2c(c1)CCCC2. The minimum atomic E-state index is 0.129. The van der Waals surface area contributed by atoms with E-state index >= 15 is 0 Å². The van der Waals surface area contributed by atoms with Gasteiger partial charge in [-0.05, 0) is 53.4 Å². The van der Waals surface area contributed by atoms with Crippen LogP contribution < -0.4 is 5.73 Å². The molecule has 0 fully saturated rings. The van der Waals surface area contributed by atoms with Crippen molar-refractivity contribution in [1.29, 1.82) is 0 Å². The van der Waals surface area contributed by atoms with Crippen molar-refractivity contribution in [1.82, 2.24) is 0 Å². The fourth-order valence-electron chi connectivity index (χ4n) is 2.85. The van der Waals surface area contributed by atoms with Gasteiger partial charge in [-0.2, -0.15) is 0 Å². The fourth-order valence-corrected chi connectivity index (χ4v) is 2.85. The monoisotopic (exact) mass is 325 g/mol. The van der Waals surface area contributed by atoms with Gasteiger partial charge >= 0.3 is 0 Å². The van der Waals surface area contributed by atoms with E-state index in [-0.39, 0.29) is 5.41 Å². The Bertz CT molecular complexity index is 583. The maximum atomic E-state index is 5.52. The number of benzene rings is 1. The molecule has 0 spiro atoms. The van der Waals surface area contributed by atoms with Gasteiger partial charge in [-0.25, -0.2) is 0 Å². The van der Waals surface area contributed by atoms with Crippen LogP contribution in [0.2, 0.25) is 0 Å². The lowest BCUT2D eigenvalue weighted by molar-refractivity contribution is 0.517. The van der Waals surface area contributed by atoms with Crippen LogP contribution in [0.5, 0.6) is 0 Å². The zero-order valence-electron chi connectivity index (χ0n) is 16.2. The van der Waals surface area contributed by atoms with Crippen molar-refractivity contribution in [2.24, 2.45) is 11.1 Å². The van der Waals surface area contributed by atoms with Crippen LogP contribution in [-0.2, 0) is 12.8 Å².